The molecule has 2 nitrogen and oxygen atoms in total. The van der Waals surface area contributed by atoms with Gasteiger partial charge in [-0.2, -0.15) is 0 Å². The minimum absolute atomic E-state index is 0.302. The molecule has 0 bridgehead atoms. The number of nitrogens with one attached hydrogen (secondary N) is 1. The van der Waals surface area contributed by atoms with Crippen LogP contribution in [-0.4, -0.2) is 5.91 Å². The highest BCUT2D eigenvalue weighted by atomic mass is 127. The predicted octanol–water partition coefficient (Wildman–Crippen LogP) is 4.30. The highest BCUT2D eigenvalue weighted by Gasteiger charge is 2.10. The largest absolute Gasteiger partial charge is 0.322 e. The first-order valence-corrected chi connectivity index (χ1v) is 6.89. The van der Waals surface area contributed by atoms with Crippen LogP contribution in [0.5, 0.6) is 0 Å². The van der Waals surface area contributed by atoms with E-state index in [0.29, 0.717) is 11.1 Å². The van der Waals surface area contributed by atoms with Gasteiger partial charge >= 0.3 is 0 Å². The van der Waals surface area contributed by atoms with Gasteiger partial charge in [0.1, 0.15) is 5.82 Å². The van der Waals surface area contributed by atoms with Crippen molar-refractivity contribution in [1.82, 2.24) is 0 Å². The zero-order valence-electron chi connectivity index (χ0n) is 10.6. The van der Waals surface area contributed by atoms with Gasteiger partial charge in [0.2, 0.25) is 0 Å². The van der Waals surface area contributed by atoms with Crippen LogP contribution in [0.15, 0.2) is 36.4 Å². The van der Waals surface area contributed by atoms with Crippen LogP contribution >= 0.6 is 22.6 Å². The topological polar surface area (TPSA) is 29.1 Å². The quantitative estimate of drug-likeness (QED) is 0.786. The molecule has 2 rings (SSSR count). The van der Waals surface area contributed by atoms with Gasteiger partial charge in [-0.25, -0.2) is 4.39 Å². The van der Waals surface area contributed by atoms with Crippen molar-refractivity contribution < 1.29 is 9.18 Å². The fourth-order valence-electron chi connectivity index (χ4n) is 1.66. The first kappa shape index (κ1) is 14.0. The average molecular weight is 369 g/mol. The molecule has 0 heterocycles. The van der Waals surface area contributed by atoms with Gasteiger partial charge in [0, 0.05) is 14.8 Å². The molecule has 1 amide bonds. The van der Waals surface area contributed by atoms with Crippen LogP contribution < -0.4 is 5.32 Å². The summed E-state index contributed by atoms with van der Waals surface area (Å²) >= 11 is 2.18. The lowest BCUT2D eigenvalue weighted by Crippen LogP contribution is -2.13. The number of carbonyl (C=O) groups is 1. The van der Waals surface area contributed by atoms with E-state index in [-0.39, 0.29) is 11.7 Å². The highest BCUT2D eigenvalue weighted by Crippen LogP contribution is 2.19. The summed E-state index contributed by atoms with van der Waals surface area (Å²) in [7, 11) is 0. The van der Waals surface area contributed by atoms with Crippen molar-refractivity contribution in [2.24, 2.45) is 0 Å². The van der Waals surface area contributed by atoms with Gasteiger partial charge in [0.25, 0.3) is 5.91 Å². The van der Waals surface area contributed by atoms with Crippen LogP contribution in [-0.2, 0) is 0 Å². The molecule has 98 valence electrons. The van der Waals surface area contributed by atoms with Gasteiger partial charge in [0.15, 0.2) is 0 Å². The molecule has 19 heavy (non-hydrogen) atoms. The van der Waals surface area contributed by atoms with Gasteiger partial charge in [-0.1, -0.05) is 12.1 Å². The normalized spacial score (nSPS) is 10.3. The molecule has 1 N–H and O–H groups in total. The Hall–Kier alpha value is -1.43. The molecule has 0 atom stereocenters. The summed E-state index contributed by atoms with van der Waals surface area (Å²) in [4.78, 5) is 12.1. The number of hydrogen-bond donors (Lipinski definition) is 1. The van der Waals surface area contributed by atoms with Crippen LogP contribution in [0.2, 0.25) is 0 Å². The molecule has 0 spiro atoms. The molecule has 2 aromatic carbocycles. The Balaban J connectivity index is 2.25. The first-order valence-electron chi connectivity index (χ1n) is 5.81. The number of hydrogen-bond acceptors (Lipinski definition) is 1. The summed E-state index contributed by atoms with van der Waals surface area (Å²) in [5.41, 5.74) is 2.57. The molecule has 0 aliphatic rings. The summed E-state index contributed by atoms with van der Waals surface area (Å²) in [6, 6.07) is 10.3. The number of benzene rings is 2. The molecule has 4 heteroatoms. The number of rotatable bonds is 2. The smallest absolute Gasteiger partial charge is 0.255 e. The Bertz CT molecular complexity index is 640. The molecular weight excluding hydrogens is 356 g/mol. The maximum atomic E-state index is 13.4. The number of carbonyl (C=O) groups excluding carboxylic acids is 1. The molecule has 0 unspecified atom stereocenters. The van der Waals surface area contributed by atoms with E-state index >= 15 is 0 Å². The summed E-state index contributed by atoms with van der Waals surface area (Å²) in [6.07, 6.45) is 0. The molecule has 0 aliphatic carbocycles. The van der Waals surface area contributed by atoms with E-state index in [1.807, 2.05) is 25.1 Å². The third-order valence-corrected chi connectivity index (χ3v) is 3.55. The zero-order chi connectivity index (χ0) is 14.0. The minimum atomic E-state index is -0.369. The first-order chi connectivity index (χ1) is 8.97. The van der Waals surface area contributed by atoms with Crippen LogP contribution in [0.3, 0.4) is 0 Å². The maximum Gasteiger partial charge on any atom is 0.255 e. The van der Waals surface area contributed by atoms with Crippen LogP contribution in [0, 0.1) is 23.2 Å². The van der Waals surface area contributed by atoms with Crippen molar-refractivity contribution in [1.29, 1.82) is 0 Å². The molecule has 2 aromatic rings. The minimum Gasteiger partial charge on any atom is -0.322 e. The van der Waals surface area contributed by atoms with Crippen molar-refractivity contribution in [2.45, 2.75) is 13.8 Å². The second kappa shape index (κ2) is 5.69. The Kier molecular flexibility index (Phi) is 4.19. The molecule has 0 radical (unpaired) electrons. The third kappa shape index (κ3) is 3.32. The lowest BCUT2D eigenvalue weighted by molar-refractivity contribution is 0.102. The number of aryl methyl sites for hydroxylation is 2. The zero-order valence-corrected chi connectivity index (χ0v) is 12.8. The maximum absolute atomic E-state index is 13.4. The molecule has 0 saturated carbocycles. The van der Waals surface area contributed by atoms with Crippen molar-refractivity contribution in [3.8, 4) is 0 Å². The van der Waals surface area contributed by atoms with Gasteiger partial charge < -0.3 is 5.32 Å². The Morgan fingerprint density at radius 2 is 1.79 bits per heavy atom. The molecule has 0 fully saturated rings. The molecule has 0 aromatic heterocycles. The van der Waals surface area contributed by atoms with Gasteiger partial charge in [-0.3, -0.25) is 4.79 Å². The molecular formula is C15H13FINO. The van der Waals surface area contributed by atoms with Crippen LogP contribution in [0.4, 0.5) is 10.1 Å². The Morgan fingerprint density at radius 1 is 1.11 bits per heavy atom. The summed E-state index contributed by atoms with van der Waals surface area (Å²) in [5.74, 6) is -0.670. The molecule has 0 aliphatic heterocycles. The average Bonchev–Trinajstić information content (AvgIpc) is 2.37. The standard InChI is InChI=1S/C15H13FINO/c1-9-3-5-11(7-13(9)16)15(19)18-14-8-12(17)6-4-10(14)2/h3-8H,1-2H3,(H,18,19). The monoisotopic (exact) mass is 369 g/mol. The fraction of sp³-hybridized carbons (Fsp3) is 0.133. The summed E-state index contributed by atoms with van der Waals surface area (Å²) in [5, 5.41) is 2.80. The van der Waals surface area contributed by atoms with Crippen molar-refractivity contribution in [2.75, 3.05) is 5.32 Å². The van der Waals surface area contributed by atoms with E-state index in [4.69, 9.17) is 0 Å². The highest BCUT2D eigenvalue weighted by molar-refractivity contribution is 14.1. The second-order valence-electron chi connectivity index (χ2n) is 4.38. The second-order valence-corrected chi connectivity index (χ2v) is 5.62. The number of amides is 1. The van der Waals surface area contributed by atoms with Gasteiger partial charge in [-0.15, -0.1) is 0 Å². The van der Waals surface area contributed by atoms with E-state index in [0.717, 1.165) is 14.8 Å². The van der Waals surface area contributed by atoms with E-state index in [2.05, 4.69) is 27.9 Å². The van der Waals surface area contributed by atoms with Crippen molar-refractivity contribution in [3.05, 3.63) is 62.5 Å². The van der Waals surface area contributed by atoms with E-state index < -0.39 is 0 Å². The summed E-state index contributed by atoms with van der Waals surface area (Å²) < 4.78 is 14.5. The van der Waals surface area contributed by atoms with Crippen molar-refractivity contribution in [3.63, 3.8) is 0 Å². The SMILES string of the molecule is Cc1ccc(C(=O)Nc2cc(I)ccc2C)cc1F. The molecule has 0 saturated heterocycles. The van der Waals surface area contributed by atoms with E-state index in [9.17, 15) is 9.18 Å². The third-order valence-electron chi connectivity index (χ3n) is 2.88. The van der Waals surface area contributed by atoms with Crippen LogP contribution in [0.1, 0.15) is 21.5 Å². The van der Waals surface area contributed by atoms with E-state index in [1.165, 1.54) is 6.07 Å². The number of halogens is 2. The Morgan fingerprint density at radius 3 is 2.47 bits per heavy atom. The summed E-state index contributed by atoms with van der Waals surface area (Å²) in [6.45, 7) is 3.59. The predicted molar refractivity (Wildman–Crippen MR) is 83.0 cm³/mol. The van der Waals surface area contributed by atoms with Crippen molar-refractivity contribution >= 4 is 34.2 Å². The number of anilines is 1. The van der Waals surface area contributed by atoms with Gasteiger partial charge in [-0.05, 0) is 71.8 Å². The van der Waals surface area contributed by atoms with Crippen LogP contribution in [0.25, 0.3) is 0 Å². The van der Waals surface area contributed by atoms with E-state index in [1.54, 1.807) is 19.1 Å². The lowest BCUT2D eigenvalue weighted by Gasteiger charge is -2.09. The van der Waals surface area contributed by atoms with Gasteiger partial charge in [0.05, 0.1) is 0 Å². The Labute approximate surface area is 125 Å². The fourth-order valence-corrected chi connectivity index (χ4v) is 2.15. The lowest BCUT2D eigenvalue weighted by atomic mass is 10.1.